The number of likely N-dealkylation sites (tertiary alicyclic amines) is 1. The molecule has 1 amide bonds. The lowest BCUT2D eigenvalue weighted by atomic mass is 10.1. The number of para-hydroxylation sites is 1. The highest BCUT2D eigenvalue weighted by molar-refractivity contribution is 5.77. The second-order valence-corrected chi connectivity index (χ2v) is 6.97. The predicted molar refractivity (Wildman–Crippen MR) is 100 cm³/mol. The summed E-state index contributed by atoms with van der Waals surface area (Å²) in [5, 5.41) is 4.68. The van der Waals surface area contributed by atoms with Crippen LogP contribution in [0.4, 0.5) is 0 Å². The molecular formula is C20H22N4O3. The number of aryl methyl sites for hydroxylation is 2. The molecule has 3 heterocycles. The number of carbonyl (C=O) groups excluding carboxylic acids is 1. The summed E-state index contributed by atoms with van der Waals surface area (Å²) in [5.41, 5.74) is 1.45. The Labute approximate surface area is 156 Å². The van der Waals surface area contributed by atoms with Gasteiger partial charge in [-0.25, -0.2) is 4.98 Å². The largest absolute Gasteiger partial charge is 0.361 e. The normalized spacial score (nSPS) is 16.9. The van der Waals surface area contributed by atoms with Gasteiger partial charge in [0.25, 0.3) is 5.56 Å². The van der Waals surface area contributed by atoms with Crippen molar-refractivity contribution in [2.45, 2.75) is 45.2 Å². The maximum Gasteiger partial charge on any atom is 0.261 e. The van der Waals surface area contributed by atoms with Gasteiger partial charge in [-0.1, -0.05) is 17.3 Å². The smallest absolute Gasteiger partial charge is 0.261 e. The summed E-state index contributed by atoms with van der Waals surface area (Å²) in [6, 6.07) is 9.19. The van der Waals surface area contributed by atoms with Crippen LogP contribution in [0, 0.1) is 6.92 Å². The Morgan fingerprint density at radius 2 is 2.19 bits per heavy atom. The first-order valence-corrected chi connectivity index (χ1v) is 9.30. The van der Waals surface area contributed by atoms with Crippen LogP contribution in [0.2, 0.25) is 0 Å². The van der Waals surface area contributed by atoms with Gasteiger partial charge >= 0.3 is 0 Å². The number of rotatable bonds is 5. The van der Waals surface area contributed by atoms with E-state index in [-0.39, 0.29) is 17.5 Å². The molecule has 7 heteroatoms. The highest BCUT2D eigenvalue weighted by Gasteiger charge is 2.31. The second kappa shape index (κ2) is 7.34. The molecule has 4 rings (SSSR count). The van der Waals surface area contributed by atoms with E-state index in [4.69, 9.17) is 4.52 Å². The van der Waals surface area contributed by atoms with Crippen molar-refractivity contribution in [3.63, 3.8) is 0 Å². The minimum absolute atomic E-state index is 0.00000748. The zero-order valence-electron chi connectivity index (χ0n) is 15.3. The molecule has 0 bridgehead atoms. The van der Waals surface area contributed by atoms with E-state index in [1.165, 1.54) is 0 Å². The first-order chi connectivity index (χ1) is 13.1. The molecule has 1 saturated heterocycles. The van der Waals surface area contributed by atoms with Crippen LogP contribution in [-0.2, 0) is 11.3 Å². The standard InChI is InChI=1S/C20H22N4O3/c1-14-12-17(22-27-14)18-8-4-11-24(18)19(25)9-5-10-23-13-21-16-7-3-2-6-15(16)20(23)26/h2-3,6-7,12-13,18H,4-5,8-11H2,1H3. The van der Waals surface area contributed by atoms with Crippen molar-refractivity contribution in [1.82, 2.24) is 19.6 Å². The Kier molecular flexibility index (Phi) is 4.75. The average molecular weight is 366 g/mol. The van der Waals surface area contributed by atoms with Crippen molar-refractivity contribution in [2.24, 2.45) is 0 Å². The quantitative estimate of drug-likeness (QED) is 0.693. The molecule has 1 aliphatic rings. The number of aromatic nitrogens is 3. The van der Waals surface area contributed by atoms with Gasteiger partial charge in [0.15, 0.2) is 0 Å². The van der Waals surface area contributed by atoms with Gasteiger partial charge in [0, 0.05) is 25.6 Å². The zero-order chi connectivity index (χ0) is 18.8. The van der Waals surface area contributed by atoms with Crippen molar-refractivity contribution >= 4 is 16.8 Å². The van der Waals surface area contributed by atoms with E-state index in [9.17, 15) is 9.59 Å². The molecule has 1 unspecified atom stereocenters. The van der Waals surface area contributed by atoms with Gasteiger partial charge in [-0.3, -0.25) is 14.2 Å². The summed E-state index contributed by atoms with van der Waals surface area (Å²) >= 11 is 0. The van der Waals surface area contributed by atoms with E-state index >= 15 is 0 Å². The van der Waals surface area contributed by atoms with Crippen LogP contribution in [0.1, 0.15) is 43.2 Å². The topological polar surface area (TPSA) is 81.2 Å². The minimum Gasteiger partial charge on any atom is -0.361 e. The Balaban J connectivity index is 1.39. The lowest BCUT2D eigenvalue weighted by Crippen LogP contribution is -2.31. The van der Waals surface area contributed by atoms with Crippen LogP contribution in [0.5, 0.6) is 0 Å². The Bertz CT molecular complexity index is 1020. The maximum absolute atomic E-state index is 12.7. The van der Waals surface area contributed by atoms with Gasteiger partial charge in [0.2, 0.25) is 5.91 Å². The lowest BCUT2D eigenvalue weighted by molar-refractivity contribution is -0.132. The average Bonchev–Trinajstić information content (AvgIpc) is 3.32. The highest BCUT2D eigenvalue weighted by Crippen LogP contribution is 2.32. The molecule has 140 valence electrons. The molecular weight excluding hydrogens is 344 g/mol. The van der Waals surface area contributed by atoms with Gasteiger partial charge in [0.05, 0.1) is 23.3 Å². The monoisotopic (exact) mass is 366 g/mol. The molecule has 1 atom stereocenters. The van der Waals surface area contributed by atoms with Crippen molar-refractivity contribution in [3.05, 3.63) is 58.5 Å². The molecule has 1 fully saturated rings. The van der Waals surface area contributed by atoms with Gasteiger partial charge < -0.3 is 9.42 Å². The van der Waals surface area contributed by atoms with Crippen LogP contribution in [0.25, 0.3) is 10.9 Å². The molecule has 0 radical (unpaired) electrons. The molecule has 0 N–H and O–H groups in total. The summed E-state index contributed by atoms with van der Waals surface area (Å²) < 4.78 is 6.74. The molecule has 7 nitrogen and oxygen atoms in total. The fourth-order valence-electron chi connectivity index (χ4n) is 3.73. The molecule has 3 aromatic rings. The van der Waals surface area contributed by atoms with Crippen LogP contribution >= 0.6 is 0 Å². The molecule has 1 aromatic carbocycles. The highest BCUT2D eigenvalue weighted by atomic mass is 16.5. The molecule has 27 heavy (non-hydrogen) atoms. The summed E-state index contributed by atoms with van der Waals surface area (Å²) in [6.07, 6.45) is 4.43. The lowest BCUT2D eigenvalue weighted by Gasteiger charge is -2.23. The minimum atomic E-state index is -0.0647. The van der Waals surface area contributed by atoms with E-state index < -0.39 is 0 Å². The number of hydrogen-bond acceptors (Lipinski definition) is 5. The molecule has 0 aliphatic carbocycles. The van der Waals surface area contributed by atoms with Gasteiger partial charge in [-0.2, -0.15) is 0 Å². The number of benzene rings is 1. The van der Waals surface area contributed by atoms with E-state index in [2.05, 4.69) is 10.1 Å². The first-order valence-electron chi connectivity index (χ1n) is 9.30. The van der Waals surface area contributed by atoms with Crippen molar-refractivity contribution in [2.75, 3.05) is 6.54 Å². The van der Waals surface area contributed by atoms with Crippen molar-refractivity contribution in [1.29, 1.82) is 0 Å². The first kappa shape index (κ1) is 17.5. The van der Waals surface area contributed by atoms with Gasteiger partial charge in [-0.05, 0) is 38.3 Å². The third-order valence-electron chi connectivity index (χ3n) is 5.08. The Morgan fingerprint density at radius 3 is 3.00 bits per heavy atom. The van der Waals surface area contributed by atoms with Crippen LogP contribution in [0.3, 0.4) is 0 Å². The predicted octanol–water partition coefficient (Wildman–Crippen LogP) is 2.84. The van der Waals surface area contributed by atoms with Crippen molar-refractivity contribution in [3.8, 4) is 0 Å². The molecule has 0 spiro atoms. The van der Waals surface area contributed by atoms with E-state index in [0.717, 1.165) is 30.8 Å². The fourth-order valence-corrected chi connectivity index (χ4v) is 3.73. The third-order valence-corrected chi connectivity index (χ3v) is 5.08. The number of fused-ring (bicyclic) bond motifs is 1. The molecule has 2 aromatic heterocycles. The second-order valence-electron chi connectivity index (χ2n) is 6.97. The number of amides is 1. The summed E-state index contributed by atoms with van der Waals surface area (Å²) in [4.78, 5) is 31.4. The van der Waals surface area contributed by atoms with Gasteiger partial charge in [0.1, 0.15) is 11.5 Å². The maximum atomic E-state index is 12.7. The fraction of sp³-hybridized carbons (Fsp3) is 0.400. The van der Waals surface area contributed by atoms with Crippen LogP contribution in [0.15, 0.2) is 46.0 Å². The zero-order valence-corrected chi connectivity index (χ0v) is 15.3. The summed E-state index contributed by atoms with van der Waals surface area (Å²) in [5.74, 6) is 0.854. The van der Waals surface area contributed by atoms with Crippen molar-refractivity contribution < 1.29 is 9.32 Å². The number of carbonyl (C=O) groups is 1. The Hall–Kier alpha value is -2.96. The molecule has 1 aliphatic heterocycles. The van der Waals surface area contributed by atoms with E-state index in [1.807, 2.05) is 36.1 Å². The SMILES string of the molecule is Cc1cc(C2CCCN2C(=O)CCCn2cnc3ccccc3c2=O)no1. The molecule has 0 saturated carbocycles. The Morgan fingerprint density at radius 1 is 1.33 bits per heavy atom. The number of hydrogen-bond donors (Lipinski definition) is 0. The summed E-state index contributed by atoms with van der Waals surface area (Å²) in [7, 11) is 0. The van der Waals surface area contributed by atoms with E-state index in [1.54, 1.807) is 17.0 Å². The van der Waals surface area contributed by atoms with Gasteiger partial charge in [-0.15, -0.1) is 0 Å². The number of nitrogens with zero attached hydrogens (tertiary/aromatic N) is 4. The van der Waals surface area contributed by atoms with E-state index in [0.29, 0.717) is 30.3 Å². The van der Waals surface area contributed by atoms with Crippen LogP contribution in [-0.4, -0.2) is 32.1 Å². The summed E-state index contributed by atoms with van der Waals surface area (Å²) in [6.45, 7) is 3.07. The van der Waals surface area contributed by atoms with Crippen LogP contribution < -0.4 is 5.56 Å². The third kappa shape index (κ3) is 3.49.